The molecular weight excluding hydrogens is 290 g/mol. The van der Waals surface area contributed by atoms with Crippen LogP contribution in [-0.4, -0.2) is 4.57 Å². The van der Waals surface area contributed by atoms with Crippen molar-refractivity contribution in [2.24, 2.45) is 0 Å². The summed E-state index contributed by atoms with van der Waals surface area (Å²) in [7, 11) is 0. The summed E-state index contributed by atoms with van der Waals surface area (Å²) in [5.41, 5.74) is 3.49. The van der Waals surface area contributed by atoms with Gasteiger partial charge in [0.1, 0.15) is 4.83 Å². The van der Waals surface area contributed by atoms with Gasteiger partial charge in [-0.2, -0.15) is 0 Å². The summed E-state index contributed by atoms with van der Waals surface area (Å²) < 4.78 is 2.38. The molecule has 3 heteroatoms. The van der Waals surface area contributed by atoms with Crippen molar-refractivity contribution in [3.05, 3.63) is 81.3 Å². The van der Waals surface area contributed by atoms with Crippen LogP contribution >= 0.6 is 11.3 Å². The van der Waals surface area contributed by atoms with E-state index in [1.165, 1.54) is 33.2 Å². The van der Waals surface area contributed by atoms with Crippen molar-refractivity contribution in [3.8, 4) is 0 Å². The van der Waals surface area contributed by atoms with Gasteiger partial charge in [0.25, 0.3) is 0 Å². The van der Waals surface area contributed by atoms with Crippen LogP contribution < -0.4 is 4.74 Å². The van der Waals surface area contributed by atoms with E-state index in [0.717, 1.165) is 16.9 Å². The number of rotatable bonds is 2. The maximum absolute atomic E-state index is 12.0. The van der Waals surface area contributed by atoms with Crippen LogP contribution in [0, 0.1) is 6.92 Å². The Morgan fingerprint density at radius 2 is 1.73 bits per heavy atom. The van der Waals surface area contributed by atoms with E-state index in [0.29, 0.717) is 0 Å². The van der Waals surface area contributed by atoms with E-state index in [1.54, 1.807) is 6.07 Å². The zero-order valence-electron chi connectivity index (χ0n) is 12.2. The first-order chi connectivity index (χ1) is 10.7. The van der Waals surface area contributed by atoms with Gasteiger partial charge in [0.15, 0.2) is 0 Å². The third kappa shape index (κ3) is 2.06. The molecule has 2 nitrogen and oxygen atoms in total. The zero-order valence-corrected chi connectivity index (χ0v) is 13.1. The molecule has 0 saturated heterocycles. The smallest absolute Gasteiger partial charge is 0.234 e. The largest absolute Gasteiger partial charge is 0.328 e. The van der Waals surface area contributed by atoms with Crippen LogP contribution in [0.3, 0.4) is 0 Å². The van der Waals surface area contributed by atoms with Crippen molar-refractivity contribution in [3.63, 3.8) is 0 Å². The number of nitrogens with zero attached hydrogens (tertiary/aromatic N) is 1. The van der Waals surface area contributed by atoms with Gasteiger partial charge in [-0.05, 0) is 30.2 Å². The molecular formula is C19H15NOS. The van der Waals surface area contributed by atoms with Crippen LogP contribution in [-0.2, 0) is 6.54 Å². The van der Waals surface area contributed by atoms with Gasteiger partial charge < -0.3 is 4.57 Å². The second-order valence-corrected chi connectivity index (χ2v) is 6.51. The summed E-state index contributed by atoms with van der Waals surface area (Å²) in [6.07, 6.45) is 0. The molecule has 2 aromatic carbocycles. The highest BCUT2D eigenvalue weighted by Gasteiger charge is 2.13. The van der Waals surface area contributed by atoms with Gasteiger partial charge in [-0.25, -0.2) is 0 Å². The molecule has 0 atom stereocenters. The molecule has 0 aliphatic heterocycles. The van der Waals surface area contributed by atoms with E-state index in [4.69, 9.17) is 0 Å². The Labute approximate surface area is 132 Å². The van der Waals surface area contributed by atoms with Crippen molar-refractivity contribution in [2.45, 2.75) is 13.5 Å². The lowest BCUT2D eigenvalue weighted by Gasteiger charge is -2.07. The standard InChI is InChI=1S/C19H15NOS/c1-13-11-17(21)22-19-18(13)15-9-5-6-10-16(15)20(19)12-14-7-3-2-4-8-14/h2-11H,12H2,1H3. The van der Waals surface area contributed by atoms with Crippen molar-refractivity contribution in [1.29, 1.82) is 0 Å². The molecule has 0 saturated carbocycles. The summed E-state index contributed by atoms with van der Waals surface area (Å²) >= 11 is 1.33. The molecule has 0 radical (unpaired) electrons. The summed E-state index contributed by atoms with van der Waals surface area (Å²) in [5.74, 6) is 0. The molecule has 0 N–H and O–H groups in total. The maximum Gasteiger partial charge on any atom is 0.234 e. The third-order valence-corrected chi connectivity index (χ3v) is 4.97. The number of aromatic nitrogens is 1. The zero-order chi connectivity index (χ0) is 15.1. The predicted molar refractivity (Wildman–Crippen MR) is 93.9 cm³/mol. The minimum absolute atomic E-state index is 0.113. The van der Waals surface area contributed by atoms with Crippen molar-refractivity contribution in [1.82, 2.24) is 4.57 Å². The molecule has 0 unspecified atom stereocenters. The summed E-state index contributed by atoms with van der Waals surface area (Å²) in [5, 5.41) is 2.43. The molecule has 22 heavy (non-hydrogen) atoms. The molecule has 0 aliphatic rings. The summed E-state index contributed by atoms with van der Waals surface area (Å²) in [4.78, 5) is 13.1. The van der Waals surface area contributed by atoms with Crippen molar-refractivity contribution >= 4 is 32.5 Å². The number of hydrogen-bond donors (Lipinski definition) is 0. The Morgan fingerprint density at radius 1 is 1.00 bits per heavy atom. The average Bonchev–Trinajstić information content (AvgIpc) is 2.83. The van der Waals surface area contributed by atoms with Crippen LogP contribution in [0.5, 0.6) is 0 Å². The molecule has 0 bridgehead atoms. The fourth-order valence-corrected chi connectivity index (χ4v) is 4.14. The molecule has 0 fully saturated rings. The predicted octanol–water partition coefficient (Wildman–Crippen LogP) is 4.57. The Balaban J connectivity index is 2.08. The van der Waals surface area contributed by atoms with Crippen molar-refractivity contribution < 1.29 is 0 Å². The quantitative estimate of drug-likeness (QED) is 0.531. The van der Waals surface area contributed by atoms with E-state index in [2.05, 4.69) is 53.1 Å². The summed E-state index contributed by atoms with van der Waals surface area (Å²) in [6, 6.07) is 20.5. The number of hydrogen-bond acceptors (Lipinski definition) is 2. The first kappa shape index (κ1) is 13.3. The topological polar surface area (TPSA) is 22.0 Å². The second-order valence-electron chi connectivity index (χ2n) is 5.52. The van der Waals surface area contributed by atoms with E-state index >= 15 is 0 Å². The van der Waals surface area contributed by atoms with Crippen LogP contribution in [0.15, 0.2) is 65.5 Å². The Bertz CT molecular complexity index is 1030. The fraction of sp³-hybridized carbons (Fsp3) is 0.105. The lowest BCUT2D eigenvalue weighted by molar-refractivity contribution is 0.875. The average molecular weight is 305 g/mol. The third-order valence-electron chi connectivity index (χ3n) is 4.03. The van der Waals surface area contributed by atoms with Crippen LogP contribution in [0.4, 0.5) is 0 Å². The minimum Gasteiger partial charge on any atom is -0.328 e. The fourth-order valence-electron chi connectivity index (χ4n) is 3.06. The Hall–Kier alpha value is -2.39. The van der Waals surface area contributed by atoms with Gasteiger partial charge >= 0.3 is 0 Å². The molecule has 2 aromatic heterocycles. The van der Waals surface area contributed by atoms with Gasteiger partial charge in [-0.1, -0.05) is 59.9 Å². The first-order valence-corrected chi connectivity index (χ1v) is 8.11. The lowest BCUT2D eigenvalue weighted by Crippen LogP contribution is -2.00. The van der Waals surface area contributed by atoms with Crippen LogP contribution in [0.2, 0.25) is 0 Å². The number of benzene rings is 2. The monoisotopic (exact) mass is 305 g/mol. The number of para-hydroxylation sites is 1. The van der Waals surface area contributed by atoms with Gasteiger partial charge in [-0.3, -0.25) is 4.79 Å². The van der Waals surface area contributed by atoms with E-state index < -0.39 is 0 Å². The highest BCUT2D eigenvalue weighted by molar-refractivity contribution is 7.16. The van der Waals surface area contributed by atoms with Crippen LogP contribution in [0.1, 0.15) is 11.1 Å². The molecule has 0 spiro atoms. The second kappa shape index (κ2) is 5.11. The van der Waals surface area contributed by atoms with Crippen LogP contribution in [0.25, 0.3) is 21.1 Å². The highest BCUT2D eigenvalue weighted by Crippen LogP contribution is 2.32. The Kier molecular flexibility index (Phi) is 3.09. The number of aryl methyl sites for hydroxylation is 1. The molecule has 0 aliphatic carbocycles. The highest BCUT2D eigenvalue weighted by atomic mass is 32.1. The SMILES string of the molecule is Cc1cc(=O)sc2c1c1ccccc1n2Cc1ccccc1. The lowest BCUT2D eigenvalue weighted by atomic mass is 10.1. The Morgan fingerprint density at radius 3 is 2.55 bits per heavy atom. The normalized spacial score (nSPS) is 11.3. The molecule has 0 amide bonds. The van der Waals surface area contributed by atoms with E-state index in [-0.39, 0.29) is 4.74 Å². The van der Waals surface area contributed by atoms with E-state index in [1.807, 2.05) is 13.0 Å². The summed E-state index contributed by atoms with van der Waals surface area (Å²) in [6.45, 7) is 2.81. The van der Waals surface area contributed by atoms with Gasteiger partial charge in [-0.15, -0.1) is 0 Å². The molecule has 2 heterocycles. The van der Waals surface area contributed by atoms with Gasteiger partial charge in [0, 0.05) is 17.3 Å². The molecule has 108 valence electrons. The number of fused-ring (bicyclic) bond motifs is 3. The van der Waals surface area contributed by atoms with Gasteiger partial charge in [0.05, 0.1) is 5.52 Å². The minimum atomic E-state index is 0.113. The maximum atomic E-state index is 12.0. The van der Waals surface area contributed by atoms with Crippen molar-refractivity contribution in [2.75, 3.05) is 0 Å². The molecule has 4 rings (SSSR count). The van der Waals surface area contributed by atoms with E-state index in [9.17, 15) is 4.79 Å². The first-order valence-electron chi connectivity index (χ1n) is 7.29. The molecule has 4 aromatic rings. The van der Waals surface area contributed by atoms with Gasteiger partial charge in [0.2, 0.25) is 4.74 Å².